The van der Waals surface area contributed by atoms with Crippen LogP contribution < -0.4 is 0 Å². The fourth-order valence-electron chi connectivity index (χ4n) is 6.61. The molecule has 0 unspecified atom stereocenters. The number of rotatable bonds is 4. The minimum Gasteiger partial charge on any atom is -0.208 e. The molecule has 214 valence electrons. The Kier molecular flexibility index (Phi) is 6.14. The van der Waals surface area contributed by atoms with Gasteiger partial charge in [-0.3, -0.25) is 0 Å². The van der Waals surface area contributed by atoms with Gasteiger partial charge >= 0.3 is 0 Å². The molecule has 1 aromatic heterocycles. The number of aromatic nitrogens is 3. The largest absolute Gasteiger partial charge is 0.208 e. The summed E-state index contributed by atoms with van der Waals surface area (Å²) in [6, 6.07) is 57.6. The summed E-state index contributed by atoms with van der Waals surface area (Å²) in [5.41, 5.74) is 5.14. The van der Waals surface area contributed by atoms with Crippen LogP contribution in [0.25, 0.3) is 88.4 Å². The Bertz CT molecular complexity index is 2550. The van der Waals surface area contributed by atoms with E-state index in [1.165, 1.54) is 37.7 Å². The van der Waals surface area contributed by atoms with Gasteiger partial charge in [0, 0.05) is 16.7 Å². The molecule has 9 aromatic rings. The van der Waals surface area contributed by atoms with Crippen LogP contribution in [0.1, 0.15) is 0 Å². The second kappa shape index (κ2) is 10.8. The normalized spacial score (nSPS) is 11.5. The zero-order valence-electron chi connectivity index (χ0n) is 24.9. The number of benzene rings is 8. The Morgan fingerprint density at radius 3 is 1.37 bits per heavy atom. The highest BCUT2D eigenvalue weighted by Gasteiger charge is 2.15. The molecule has 0 fully saturated rings. The molecule has 9 rings (SSSR count). The van der Waals surface area contributed by atoms with Crippen molar-refractivity contribution in [3.05, 3.63) is 164 Å². The molecule has 0 aliphatic carbocycles. The summed E-state index contributed by atoms with van der Waals surface area (Å²) in [6.07, 6.45) is 0. The minimum atomic E-state index is 0.648. The molecule has 0 N–H and O–H groups in total. The van der Waals surface area contributed by atoms with Crippen molar-refractivity contribution in [2.24, 2.45) is 0 Å². The molecule has 1 heterocycles. The molecule has 3 heteroatoms. The summed E-state index contributed by atoms with van der Waals surface area (Å²) in [6.45, 7) is 0. The van der Waals surface area contributed by atoms with E-state index >= 15 is 0 Å². The number of hydrogen-bond donors (Lipinski definition) is 0. The van der Waals surface area contributed by atoms with E-state index in [2.05, 4.69) is 158 Å². The van der Waals surface area contributed by atoms with Gasteiger partial charge in [-0.25, -0.2) is 15.0 Å². The van der Waals surface area contributed by atoms with E-state index in [9.17, 15) is 0 Å². The quantitative estimate of drug-likeness (QED) is 0.193. The third-order valence-electron chi connectivity index (χ3n) is 8.87. The molecule has 0 spiro atoms. The first-order chi connectivity index (χ1) is 22.8. The van der Waals surface area contributed by atoms with Gasteiger partial charge in [-0.15, -0.1) is 0 Å². The smallest absolute Gasteiger partial charge is 0.164 e. The van der Waals surface area contributed by atoms with E-state index in [0.717, 1.165) is 33.2 Å². The van der Waals surface area contributed by atoms with Crippen molar-refractivity contribution in [3.8, 4) is 45.3 Å². The third-order valence-corrected chi connectivity index (χ3v) is 8.87. The molecular weight excluding hydrogens is 558 g/mol. The fraction of sp³-hybridized carbons (Fsp3) is 0. The lowest BCUT2D eigenvalue weighted by molar-refractivity contribution is 1.08. The molecule has 0 saturated carbocycles. The second-order valence-electron chi connectivity index (χ2n) is 11.7. The number of fused-ring (bicyclic) bond motifs is 7. The molecule has 0 atom stereocenters. The van der Waals surface area contributed by atoms with Crippen molar-refractivity contribution in [2.75, 3.05) is 0 Å². The fourth-order valence-corrected chi connectivity index (χ4v) is 6.61. The molecular formula is C43H27N3. The second-order valence-corrected chi connectivity index (χ2v) is 11.7. The van der Waals surface area contributed by atoms with Gasteiger partial charge < -0.3 is 0 Å². The molecule has 0 bridgehead atoms. The third kappa shape index (κ3) is 4.49. The number of hydrogen-bond acceptors (Lipinski definition) is 3. The summed E-state index contributed by atoms with van der Waals surface area (Å²) >= 11 is 0. The Morgan fingerprint density at radius 2 is 0.696 bits per heavy atom. The first kappa shape index (κ1) is 26.2. The van der Waals surface area contributed by atoms with Gasteiger partial charge in [0.25, 0.3) is 0 Å². The van der Waals surface area contributed by atoms with Gasteiger partial charge in [0.2, 0.25) is 0 Å². The molecule has 0 aliphatic heterocycles. The van der Waals surface area contributed by atoms with Crippen LogP contribution in [-0.2, 0) is 0 Å². The Labute approximate surface area is 266 Å². The van der Waals surface area contributed by atoms with Crippen molar-refractivity contribution in [2.45, 2.75) is 0 Å². The van der Waals surface area contributed by atoms with Crippen molar-refractivity contribution in [3.63, 3.8) is 0 Å². The Morgan fingerprint density at radius 1 is 0.239 bits per heavy atom. The van der Waals surface area contributed by atoms with E-state index < -0.39 is 0 Å². The summed E-state index contributed by atoms with van der Waals surface area (Å²) in [5, 5.41) is 9.71. The highest BCUT2D eigenvalue weighted by Crippen LogP contribution is 2.37. The maximum atomic E-state index is 5.12. The Hall–Kier alpha value is -6.19. The van der Waals surface area contributed by atoms with Crippen LogP contribution in [0.2, 0.25) is 0 Å². The van der Waals surface area contributed by atoms with Gasteiger partial charge in [-0.1, -0.05) is 146 Å². The van der Waals surface area contributed by atoms with Gasteiger partial charge in [-0.2, -0.15) is 0 Å². The van der Waals surface area contributed by atoms with Crippen LogP contribution >= 0.6 is 0 Å². The van der Waals surface area contributed by atoms with Crippen molar-refractivity contribution in [1.29, 1.82) is 0 Å². The van der Waals surface area contributed by atoms with E-state index in [1.807, 2.05) is 6.07 Å². The predicted molar refractivity (Wildman–Crippen MR) is 192 cm³/mol. The van der Waals surface area contributed by atoms with E-state index in [0.29, 0.717) is 17.5 Å². The van der Waals surface area contributed by atoms with Gasteiger partial charge in [0.1, 0.15) is 0 Å². The van der Waals surface area contributed by atoms with Crippen molar-refractivity contribution >= 4 is 43.1 Å². The topological polar surface area (TPSA) is 38.7 Å². The zero-order chi connectivity index (χ0) is 30.5. The molecule has 0 aliphatic rings. The van der Waals surface area contributed by atoms with Crippen molar-refractivity contribution < 1.29 is 0 Å². The standard InChI is InChI=1S/C43H27N3/c1-2-11-28(12-3-1)31-15-10-16-32(25-31)41-44-42(33-22-21-29-13-4-5-14-30(29)26-33)46-43(45-41)34-23-24-39-37-19-7-6-17-35(37)36-18-8-9-20-38(36)40(39)27-34/h1-27H. The summed E-state index contributed by atoms with van der Waals surface area (Å²) in [5.74, 6) is 1.95. The van der Waals surface area contributed by atoms with Crippen LogP contribution in [0.3, 0.4) is 0 Å². The highest BCUT2D eigenvalue weighted by atomic mass is 15.0. The lowest BCUT2D eigenvalue weighted by atomic mass is 9.93. The van der Waals surface area contributed by atoms with Crippen LogP contribution in [0, 0.1) is 0 Å². The van der Waals surface area contributed by atoms with E-state index in [-0.39, 0.29) is 0 Å². The highest BCUT2D eigenvalue weighted by molar-refractivity contribution is 6.25. The molecule has 3 nitrogen and oxygen atoms in total. The number of nitrogens with zero attached hydrogens (tertiary/aromatic N) is 3. The SMILES string of the molecule is c1ccc(-c2cccc(-c3nc(-c4ccc5ccccc5c4)nc(-c4ccc5c6ccccc6c6ccccc6c5c4)n3)c2)cc1. The van der Waals surface area contributed by atoms with Gasteiger partial charge in [-0.05, 0) is 72.4 Å². The van der Waals surface area contributed by atoms with Crippen molar-refractivity contribution in [1.82, 2.24) is 15.0 Å². The maximum Gasteiger partial charge on any atom is 0.164 e. The summed E-state index contributed by atoms with van der Waals surface area (Å²) < 4.78 is 0. The predicted octanol–water partition coefficient (Wildman–Crippen LogP) is 11.2. The lowest BCUT2D eigenvalue weighted by Gasteiger charge is -2.13. The van der Waals surface area contributed by atoms with Crippen LogP contribution in [0.4, 0.5) is 0 Å². The molecule has 0 radical (unpaired) electrons. The maximum absolute atomic E-state index is 5.12. The summed E-state index contributed by atoms with van der Waals surface area (Å²) in [4.78, 5) is 15.3. The first-order valence-corrected chi connectivity index (χ1v) is 15.5. The lowest BCUT2D eigenvalue weighted by Crippen LogP contribution is -2.00. The van der Waals surface area contributed by atoms with Gasteiger partial charge in [0.05, 0.1) is 0 Å². The molecule has 46 heavy (non-hydrogen) atoms. The van der Waals surface area contributed by atoms with E-state index in [4.69, 9.17) is 15.0 Å². The zero-order valence-corrected chi connectivity index (χ0v) is 24.9. The molecule has 0 saturated heterocycles. The Balaban J connectivity index is 1.28. The summed E-state index contributed by atoms with van der Waals surface area (Å²) in [7, 11) is 0. The molecule has 8 aromatic carbocycles. The van der Waals surface area contributed by atoms with Crippen LogP contribution in [-0.4, -0.2) is 15.0 Å². The average Bonchev–Trinajstić information content (AvgIpc) is 3.15. The minimum absolute atomic E-state index is 0.648. The average molecular weight is 586 g/mol. The molecule has 0 amide bonds. The van der Waals surface area contributed by atoms with Crippen LogP contribution in [0.5, 0.6) is 0 Å². The van der Waals surface area contributed by atoms with Gasteiger partial charge in [0.15, 0.2) is 17.5 Å². The van der Waals surface area contributed by atoms with E-state index in [1.54, 1.807) is 0 Å². The monoisotopic (exact) mass is 585 g/mol. The van der Waals surface area contributed by atoms with Crippen LogP contribution in [0.15, 0.2) is 164 Å². The first-order valence-electron chi connectivity index (χ1n) is 15.5.